The third-order valence-corrected chi connectivity index (χ3v) is 4.82. The second-order valence-corrected chi connectivity index (χ2v) is 6.52. The lowest BCUT2D eigenvalue weighted by Crippen LogP contribution is -2.29. The van der Waals surface area contributed by atoms with Gasteiger partial charge in [-0.1, -0.05) is 58.5 Å². The largest absolute Gasteiger partial charge is 0.316 e. The van der Waals surface area contributed by atoms with Gasteiger partial charge in [-0.3, -0.25) is 0 Å². The Kier molecular flexibility index (Phi) is 6.21. The van der Waals surface area contributed by atoms with Crippen molar-refractivity contribution in [3.63, 3.8) is 0 Å². The van der Waals surface area contributed by atoms with Gasteiger partial charge in [0.25, 0.3) is 0 Å². The molecule has 0 radical (unpaired) electrons. The monoisotopic (exact) mass is 361 g/mol. The lowest BCUT2D eigenvalue weighted by Gasteiger charge is -2.17. The summed E-state index contributed by atoms with van der Waals surface area (Å²) in [6.45, 7) is 0. The molecule has 2 aromatic rings. The van der Waals surface area contributed by atoms with Crippen LogP contribution in [0.15, 0.2) is 36.4 Å². The molecular weight excluding hydrogens is 348 g/mol. The Balaban J connectivity index is 2.08. The summed E-state index contributed by atoms with van der Waals surface area (Å²) in [5.74, 6) is 0. The normalized spacial score (nSPS) is 11.1. The van der Waals surface area contributed by atoms with Gasteiger partial charge in [0.1, 0.15) is 0 Å². The van der Waals surface area contributed by atoms with Crippen molar-refractivity contribution < 1.29 is 0 Å². The summed E-state index contributed by atoms with van der Waals surface area (Å²) in [6, 6.07) is 11.7. The molecule has 0 aromatic heterocycles. The standard InChI is InChI=1S/C16H15Cl4N/c1-21-12(6-10-2-4-13(17)15(19)8-10)7-11-3-5-14(18)16(20)9-11/h2-5,8-9,12,21H,6-7H2,1H3. The molecule has 0 spiro atoms. The Morgan fingerprint density at radius 2 is 1.19 bits per heavy atom. The van der Waals surface area contributed by atoms with Crippen molar-refractivity contribution in [3.8, 4) is 0 Å². The lowest BCUT2D eigenvalue weighted by atomic mass is 9.99. The maximum atomic E-state index is 6.05. The summed E-state index contributed by atoms with van der Waals surface area (Å²) in [7, 11) is 1.94. The number of likely N-dealkylation sites (N-methyl/N-ethyl adjacent to an activating group) is 1. The van der Waals surface area contributed by atoms with Crippen LogP contribution in [0.2, 0.25) is 20.1 Å². The number of benzene rings is 2. The molecule has 0 aliphatic rings. The van der Waals surface area contributed by atoms with E-state index in [1.54, 1.807) is 0 Å². The fourth-order valence-electron chi connectivity index (χ4n) is 2.18. The molecule has 0 heterocycles. The molecule has 0 bridgehead atoms. The molecule has 21 heavy (non-hydrogen) atoms. The van der Waals surface area contributed by atoms with E-state index in [0.29, 0.717) is 20.1 Å². The molecule has 0 saturated heterocycles. The average molecular weight is 363 g/mol. The lowest BCUT2D eigenvalue weighted by molar-refractivity contribution is 0.556. The zero-order chi connectivity index (χ0) is 15.4. The van der Waals surface area contributed by atoms with Gasteiger partial charge < -0.3 is 5.32 Å². The third-order valence-electron chi connectivity index (χ3n) is 3.34. The molecule has 1 N–H and O–H groups in total. The number of hydrogen-bond donors (Lipinski definition) is 1. The Bertz CT molecular complexity index is 574. The molecule has 0 amide bonds. The van der Waals surface area contributed by atoms with E-state index in [1.165, 1.54) is 0 Å². The SMILES string of the molecule is CNC(Cc1ccc(Cl)c(Cl)c1)Cc1ccc(Cl)c(Cl)c1. The van der Waals surface area contributed by atoms with Crippen LogP contribution in [0.1, 0.15) is 11.1 Å². The molecule has 0 saturated carbocycles. The first kappa shape index (κ1) is 16.9. The predicted octanol–water partition coefficient (Wildman–Crippen LogP) is 5.67. The van der Waals surface area contributed by atoms with Crippen LogP contribution in [0.5, 0.6) is 0 Å². The first-order valence-corrected chi connectivity index (χ1v) is 8.06. The first-order chi connectivity index (χ1) is 9.99. The van der Waals surface area contributed by atoms with E-state index < -0.39 is 0 Å². The molecule has 0 aliphatic carbocycles. The van der Waals surface area contributed by atoms with Gasteiger partial charge in [0.05, 0.1) is 20.1 Å². The van der Waals surface area contributed by atoms with Crippen LogP contribution in [0.4, 0.5) is 0 Å². The van der Waals surface area contributed by atoms with Crippen molar-refractivity contribution in [2.45, 2.75) is 18.9 Å². The van der Waals surface area contributed by atoms with E-state index >= 15 is 0 Å². The van der Waals surface area contributed by atoms with Crippen molar-refractivity contribution in [2.24, 2.45) is 0 Å². The highest BCUT2D eigenvalue weighted by Crippen LogP contribution is 2.25. The summed E-state index contributed by atoms with van der Waals surface area (Å²) >= 11 is 24.0. The Morgan fingerprint density at radius 3 is 1.52 bits per heavy atom. The summed E-state index contributed by atoms with van der Waals surface area (Å²) in [6.07, 6.45) is 1.71. The van der Waals surface area contributed by atoms with Gasteiger partial charge in [-0.05, 0) is 55.3 Å². The van der Waals surface area contributed by atoms with Gasteiger partial charge in [-0.15, -0.1) is 0 Å². The molecule has 112 valence electrons. The maximum absolute atomic E-state index is 6.05. The van der Waals surface area contributed by atoms with Gasteiger partial charge in [0.15, 0.2) is 0 Å². The van der Waals surface area contributed by atoms with E-state index in [9.17, 15) is 0 Å². The Labute approximate surface area is 145 Å². The Hall–Kier alpha value is -0.440. The molecule has 1 nitrogen and oxygen atoms in total. The number of rotatable bonds is 5. The van der Waals surface area contributed by atoms with Crippen molar-refractivity contribution in [1.82, 2.24) is 5.32 Å². The minimum Gasteiger partial charge on any atom is -0.316 e. The minimum absolute atomic E-state index is 0.277. The van der Waals surface area contributed by atoms with E-state index in [0.717, 1.165) is 24.0 Å². The summed E-state index contributed by atoms with van der Waals surface area (Å²) < 4.78 is 0. The van der Waals surface area contributed by atoms with Gasteiger partial charge >= 0.3 is 0 Å². The summed E-state index contributed by atoms with van der Waals surface area (Å²) in [4.78, 5) is 0. The number of halogens is 4. The smallest absolute Gasteiger partial charge is 0.0595 e. The second kappa shape index (κ2) is 7.71. The fourth-order valence-corrected chi connectivity index (χ4v) is 2.82. The quantitative estimate of drug-likeness (QED) is 0.722. The van der Waals surface area contributed by atoms with Gasteiger partial charge in [-0.2, -0.15) is 0 Å². The van der Waals surface area contributed by atoms with Crippen molar-refractivity contribution >= 4 is 46.4 Å². The van der Waals surface area contributed by atoms with Crippen LogP contribution in [0.3, 0.4) is 0 Å². The predicted molar refractivity (Wildman–Crippen MR) is 93.2 cm³/mol. The summed E-state index contributed by atoms with van der Waals surface area (Å²) in [5.41, 5.74) is 2.28. The topological polar surface area (TPSA) is 12.0 Å². The molecule has 2 rings (SSSR count). The zero-order valence-electron chi connectivity index (χ0n) is 11.5. The van der Waals surface area contributed by atoms with Gasteiger partial charge in [0, 0.05) is 6.04 Å². The first-order valence-electron chi connectivity index (χ1n) is 6.54. The van der Waals surface area contributed by atoms with Crippen LogP contribution in [-0.2, 0) is 12.8 Å². The highest BCUT2D eigenvalue weighted by molar-refractivity contribution is 6.42. The fraction of sp³-hybridized carbons (Fsp3) is 0.250. The number of nitrogens with one attached hydrogen (secondary N) is 1. The second-order valence-electron chi connectivity index (χ2n) is 4.89. The highest BCUT2D eigenvalue weighted by atomic mass is 35.5. The van der Waals surface area contributed by atoms with Crippen molar-refractivity contribution in [1.29, 1.82) is 0 Å². The Morgan fingerprint density at radius 1 is 0.762 bits per heavy atom. The summed E-state index contributed by atoms with van der Waals surface area (Å²) in [5, 5.41) is 5.63. The molecule has 0 atom stereocenters. The van der Waals surface area contributed by atoms with E-state index in [1.807, 2.05) is 43.4 Å². The van der Waals surface area contributed by atoms with Crippen molar-refractivity contribution in [2.75, 3.05) is 7.05 Å². The van der Waals surface area contributed by atoms with E-state index in [2.05, 4.69) is 5.32 Å². The van der Waals surface area contributed by atoms with Crippen LogP contribution >= 0.6 is 46.4 Å². The zero-order valence-corrected chi connectivity index (χ0v) is 14.5. The van der Waals surface area contributed by atoms with Crippen LogP contribution < -0.4 is 5.32 Å². The molecule has 2 aromatic carbocycles. The van der Waals surface area contributed by atoms with Crippen LogP contribution in [0.25, 0.3) is 0 Å². The molecular formula is C16H15Cl4N. The van der Waals surface area contributed by atoms with Crippen LogP contribution in [0, 0.1) is 0 Å². The maximum Gasteiger partial charge on any atom is 0.0595 e. The third kappa shape index (κ3) is 4.77. The minimum atomic E-state index is 0.277. The highest BCUT2D eigenvalue weighted by Gasteiger charge is 2.11. The number of hydrogen-bond acceptors (Lipinski definition) is 1. The molecule has 0 fully saturated rings. The van der Waals surface area contributed by atoms with Crippen molar-refractivity contribution in [3.05, 3.63) is 67.6 Å². The van der Waals surface area contributed by atoms with Gasteiger partial charge in [0.2, 0.25) is 0 Å². The van der Waals surface area contributed by atoms with Crippen LogP contribution in [-0.4, -0.2) is 13.1 Å². The van der Waals surface area contributed by atoms with Gasteiger partial charge in [-0.25, -0.2) is 0 Å². The molecule has 0 aliphatic heterocycles. The van der Waals surface area contributed by atoms with E-state index in [-0.39, 0.29) is 6.04 Å². The average Bonchev–Trinajstić information content (AvgIpc) is 2.46. The molecule has 0 unspecified atom stereocenters. The van der Waals surface area contributed by atoms with E-state index in [4.69, 9.17) is 46.4 Å². The molecule has 5 heteroatoms.